The van der Waals surface area contributed by atoms with Crippen molar-refractivity contribution in [1.29, 1.82) is 0 Å². The molecule has 0 aromatic rings. The maximum absolute atomic E-state index is 4.66. The highest BCUT2D eigenvalue weighted by atomic mass is 32.1. The van der Waals surface area contributed by atoms with E-state index in [1.807, 2.05) is 0 Å². The molecule has 23 heavy (non-hydrogen) atoms. The summed E-state index contributed by atoms with van der Waals surface area (Å²) in [5, 5.41) is 0.685. The van der Waals surface area contributed by atoms with Crippen LogP contribution in [0.5, 0.6) is 0 Å². The van der Waals surface area contributed by atoms with Crippen LogP contribution in [0.25, 0.3) is 0 Å². The predicted octanol–water partition coefficient (Wildman–Crippen LogP) is 6.65. The van der Waals surface area contributed by atoms with Gasteiger partial charge < -0.3 is 0 Å². The van der Waals surface area contributed by atoms with Gasteiger partial charge in [0.25, 0.3) is 0 Å². The predicted molar refractivity (Wildman–Crippen MR) is 103 cm³/mol. The fraction of sp³-hybridized carbons (Fsp3) is 0.727. The van der Waals surface area contributed by atoms with E-state index >= 15 is 0 Å². The minimum atomic E-state index is 0.685. The van der Waals surface area contributed by atoms with Gasteiger partial charge in [-0.05, 0) is 106 Å². The SMILES string of the molecule is SC1CCC(C2CC=C(C3=CC=C(CC4CC4)CC3)CC2)CC1. The summed E-state index contributed by atoms with van der Waals surface area (Å²) in [5.41, 5.74) is 5.06. The molecule has 0 N–H and O–H groups in total. The van der Waals surface area contributed by atoms with Crippen LogP contribution in [0, 0.1) is 17.8 Å². The summed E-state index contributed by atoms with van der Waals surface area (Å²) in [6, 6.07) is 0. The maximum atomic E-state index is 4.66. The zero-order valence-corrected chi connectivity index (χ0v) is 15.4. The molecule has 0 radical (unpaired) electrons. The number of thiol groups is 1. The molecule has 1 unspecified atom stereocenters. The fourth-order valence-electron chi connectivity index (χ4n) is 4.96. The minimum absolute atomic E-state index is 0.685. The Bertz CT molecular complexity index is 512. The molecule has 4 aliphatic rings. The maximum Gasteiger partial charge on any atom is 0.00170 e. The number of allylic oxidation sites excluding steroid dienone is 6. The van der Waals surface area contributed by atoms with Gasteiger partial charge in [-0.15, -0.1) is 0 Å². The number of hydrogen-bond acceptors (Lipinski definition) is 1. The van der Waals surface area contributed by atoms with Crippen LogP contribution in [0.3, 0.4) is 0 Å². The molecule has 0 nitrogen and oxygen atoms in total. The third-order valence-corrected chi connectivity index (χ3v) is 7.27. The Morgan fingerprint density at radius 1 is 0.783 bits per heavy atom. The van der Waals surface area contributed by atoms with Crippen LogP contribution in [0.1, 0.15) is 77.0 Å². The molecule has 0 aromatic carbocycles. The van der Waals surface area contributed by atoms with E-state index in [9.17, 15) is 0 Å². The first-order valence-electron chi connectivity index (χ1n) is 10.0. The molecule has 126 valence electrons. The fourth-order valence-corrected chi connectivity index (χ4v) is 5.26. The summed E-state index contributed by atoms with van der Waals surface area (Å²) in [4.78, 5) is 0. The summed E-state index contributed by atoms with van der Waals surface area (Å²) in [6.07, 6.45) is 24.2. The van der Waals surface area contributed by atoms with E-state index in [0.29, 0.717) is 5.25 Å². The summed E-state index contributed by atoms with van der Waals surface area (Å²) >= 11 is 4.66. The molecular weight excluding hydrogens is 296 g/mol. The van der Waals surface area contributed by atoms with Crippen LogP contribution in [0.4, 0.5) is 0 Å². The van der Waals surface area contributed by atoms with Gasteiger partial charge in [0, 0.05) is 5.25 Å². The second kappa shape index (κ2) is 7.21. The lowest BCUT2D eigenvalue weighted by Gasteiger charge is -2.34. The standard InChI is InChI=1S/C22H32S/c23-22-13-11-21(12-14-22)20-9-7-19(8-10-20)18-5-3-17(4-6-18)15-16-1-2-16/h3,5,7,16,20-23H,1-2,4,6,8-15H2. The average molecular weight is 329 g/mol. The van der Waals surface area contributed by atoms with Gasteiger partial charge in [-0.25, -0.2) is 0 Å². The molecule has 0 bridgehead atoms. The first kappa shape index (κ1) is 16.1. The third kappa shape index (κ3) is 4.16. The smallest absolute Gasteiger partial charge is 0.00170 e. The van der Waals surface area contributed by atoms with Crippen molar-refractivity contribution < 1.29 is 0 Å². The van der Waals surface area contributed by atoms with Crippen molar-refractivity contribution in [3.8, 4) is 0 Å². The van der Waals surface area contributed by atoms with Gasteiger partial charge in [0.2, 0.25) is 0 Å². The van der Waals surface area contributed by atoms with Crippen molar-refractivity contribution >= 4 is 12.6 Å². The third-order valence-electron chi connectivity index (χ3n) is 6.76. The lowest BCUT2D eigenvalue weighted by atomic mass is 9.72. The van der Waals surface area contributed by atoms with Crippen LogP contribution in [-0.4, -0.2) is 5.25 Å². The average Bonchev–Trinajstić information content (AvgIpc) is 3.41. The van der Waals surface area contributed by atoms with E-state index in [4.69, 9.17) is 0 Å². The van der Waals surface area contributed by atoms with Gasteiger partial charge in [0.05, 0.1) is 0 Å². The minimum Gasteiger partial charge on any atom is -0.176 e. The molecule has 0 saturated heterocycles. The Labute approximate surface area is 147 Å². The Morgan fingerprint density at radius 2 is 1.61 bits per heavy atom. The molecule has 0 amide bonds. The molecule has 1 atom stereocenters. The van der Waals surface area contributed by atoms with E-state index in [2.05, 4.69) is 30.9 Å². The number of rotatable bonds is 4. The Kier molecular flexibility index (Phi) is 5.04. The topological polar surface area (TPSA) is 0 Å². The van der Waals surface area contributed by atoms with Crippen molar-refractivity contribution in [2.24, 2.45) is 17.8 Å². The molecular formula is C22H32S. The molecule has 4 aliphatic carbocycles. The van der Waals surface area contributed by atoms with Crippen molar-refractivity contribution in [1.82, 2.24) is 0 Å². The summed E-state index contributed by atoms with van der Waals surface area (Å²) in [5.74, 6) is 2.99. The molecule has 1 heteroatoms. The van der Waals surface area contributed by atoms with E-state index in [-0.39, 0.29) is 0 Å². The largest absolute Gasteiger partial charge is 0.176 e. The first-order chi connectivity index (χ1) is 11.3. The molecule has 0 spiro atoms. The molecule has 0 heterocycles. The second-order valence-corrected chi connectivity index (χ2v) is 9.23. The van der Waals surface area contributed by atoms with Gasteiger partial charge in [-0.3, -0.25) is 0 Å². The molecule has 4 rings (SSSR count). The van der Waals surface area contributed by atoms with Crippen LogP contribution in [0.2, 0.25) is 0 Å². The Morgan fingerprint density at radius 3 is 2.22 bits per heavy atom. The van der Waals surface area contributed by atoms with Crippen LogP contribution < -0.4 is 0 Å². The Hall–Kier alpha value is -0.430. The van der Waals surface area contributed by atoms with Gasteiger partial charge in [-0.2, -0.15) is 12.6 Å². The summed E-state index contributed by atoms with van der Waals surface area (Å²) < 4.78 is 0. The quantitative estimate of drug-likeness (QED) is 0.549. The van der Waals surface area contributed by atoms with Crippen molar-refractivity contribution in [2.45, 2.75) is 82.3 Å². The van der Waals surface area contributed by atoms with Crippen LogP contribution in [-0.2, 0) is 0 Å². The van der Waals surface area contributed by atoms with Crippen molar-refractivity contribution in [3.05, 3.63) is 34.9 Å². The molecule has 2 saturated carbocycles. The van der Waals surface area contributed by atoms with Crippen LogP contribution in [0.15, 0.2) is 34.9 Å². The summed E-state index contributed by atoms with van der Waals surface area (Å²) in [6.45, 7) is 0. The highest BCUT2D eigenvalue weighted by Gasteiger charge is 2.28. The van der Waals surface area contributed by atoms with Crippen molar-refractivity contribution in [2.75, 3.05) is 0 Å². The Balaban J connectivity index is 1.32. The van der Waals surface area contributed by atoms with Crippen LogP contribution >= 0.6 is 12.6 Å². The summed E-state index contributed by atoms with van der Waals surface area (Å²) in [7, 11) is 0. The highest BCUT2D eigenvalue weighted by molar-refractivity contribution is 7.80. The van der Waals surface area contributed by atoms with Gasteiger partial charge in [0.15, 0.2) is 0 Å². The normalized spacial score (nSPS) is 35.3. The lowest BCUT2D eigenvalue weighted by molar-refractivity contribution is 0.235. The second-order valence-electron chi connectivity index (χ2n) is 8.50. The van der Waals surface area contributed by atoms with Crippen molar-refractivity contribution in [3.63, 3.8) is 0 Å². The van der Waals surface area contributed by atoms with E-state index in [1.165, 1.54) is 77.0 Å². The van der Waals surface area contributed by atoms with Gasteiger partial charge in [0.1, 0.15) is 0 Å². The highest BCUT2D eigenvalue weighted by Crippen LogP contribution is 2.42. The number of hydrogen-bond donors (Lipinski definition) is 1. The zero-order chi connectivity index (χ0) is 15.6. The van der Waals surface area contributed by atoms with Gasteiger partial charge >= 0.3 is 0 Å². The van der Waals surface area contributed by atoms with E-state index < -0.39 is 0 Å². The first-order valence-corrected chi connectivity index (χ1v) is 10.6. The zero-order valence-electron chi connectivity index (χ0n) is 14.5. The monoisotopic (exact) mass is 328 g/mol. The van der Waals surface area contributed by atoms with E-state index in [1.54, 1.807) is 16.7 Å². The lowest BCUT2D eigenvalue weighted by Crippen LogP contribution is -2.23. The molecule has 2 fully saturated rings. The molecule has 0 aliphatic heterocycles. The molecule has 0 aromatic heterocycles. The van der Waals surface area contributed by atoms with Gasteiger partial charge in [-0.1, -0.05) is 23.8 Å². The van der Waals surface area contributed by atoms with E-state index in [0.717, 1.165) is 17.8 Å².